The van der Waals surface area contributed by atoms with Crippen molar-refractivity contribution in [2.45, 2.75) is 17.9 Å². The molecule has 2 aromatic rings. The minimum atomic E-state index is -3.23. The zero-order valence-corrected chi connectivity index (χ0v) is 13.6. The van der Waals surface area contributed by atoms with Gasteiger partial charge in [0.1, 0.15) is 0 Å². The van der Waals surface area contributed by atoms with Crippen LogP contribution in [-0.2, 0) is 9.84 Å². The Morgan fingerprint density at radius 3 is 2.13 bits per heavy atom. The van der Waals surface area contributed by atoms with Crippen molar-refractivity contribution in [2.24, 2.45) is 0 Å². The maximum Gasteiger partial charge on any atom is 0.251 e. The summed E-state index contributed by atoms with van der Waals surface area (Å²) in [5.41, 5.74) is 1.76. The summed E-state index contributed by atoms with van der Waals surface area (Å²) in [5.74, 6) is -0.255. The Bertz CT molecular complexity index is 848. The van der Waals surface area contributed by atoms with Gasteiger partial charge in [0, 0.05) is 11.8 Å². The third kappa shape index (κ3) is 4.18. The van der Waals surface area contributed by atoms with Crippen molar-refractivity contribution in [3.8, 4) is 6.07 Å². The summed E-state index contributed by atoms with van der Waals surface area (Å²) >= 11 is 0. The Hall–Kier alpha value is -2.65. The number of carbonyl (C=O) groups excluding carboxylic acids is 1. The molecule has 1 amide bonds. The molecule has 0 aliphatic heterocycles. The number of rotatable bonds is 4. The molecule has 0 saturated heterocycles. The average Bonchev–Trinajstić information content (AvgIpc) is 2.54. The molecule has 0 fully saturated rings. The maximum atomic E-state index is 12.2. The quantitative estimate of drug-likeness (QED) is 0.934. The van der Waals surface area contributed by atoms with Crippen molar-refractivity contribution in [3.05, 3.63) is 65.2 Å². The molecule has 5 nitrogen and oxygen atoms in total. The number of nitrogens with zero attached hydrogens (tertiary/aromatic N) is 1. The van der Waals surface area contributed by atoms with E-state index in [1.807, 2.05) is 13.0 Å². The Morgan fingerprint density at radius 1 is 1.09 bits per heavy atom. The van der Waals surface area contributed by atoms with E-state index in [4.69, 9.17) is 5.26 Å². The Kier molecular flexibility index (Phi) is 4.82. The van der Waals surface area contributed by atoms with E-state index >= 15 is 0 Å². The van der Waals surface area contributed by atoms with E-state index in [1.165, 1.54) is 12.1 Å². The summed E-state index contributed by atoms with van der Waals surface area (Å²) in [7, 11) is -3.23. The number of nitriles is 1. The second-order valence-corrected chi connectivity index (χ2v) is 7.24. The van der Waals surface area contributed by atoms with Crippen LogP contribution in [0, 0.1) is 11.3 Å². The summed E-state index contributed by atoms with van der Waals surface area (Å²) in [6.45, 7) is 1.82. The van der Waals surface area contributed by atoms with Crippen LogP contribution in [0.15, 0.2) is 53.4 Å². The standard InChI is InChI=1S/C17H16N2O3S/c1-12(14-7-9-16(10-8-14)23(2,21)22)19-17(20)15-5-3-13(11-18)4-6-15/h3-10,12H,1-2H3,(H,19,20). The topological polar surface area (TPSA) is 87.0 Å². The van der Waals surface area contributed by atoms with Crippen molar-refractivity contribution in [2.75, 3.05) is 6.26 Å². The highest BCUT2D eigenvalue weighted by Gasteiger charge is 2.13. The van der Waals surface area contributed by atoms with Crippen LogP contribution in [0.1, 0.15) is 34.5 Å². The molecule has 6 heteroatoms. The zero-order valence-electron chi connectivity index (χ0n) is 12.8. The zero-order chi connectivity index (χ0) is 17.0. The van der Waals surface area contributed by atoms with Crippen LogP contribution >= 0.6 is 0 Å². The number of hydrogen-bond acceptors (Lipinski definition) is 4. The average molecular weight is 328 g/mol. The van der Waals surface area contributed by atoms with Gasteiger partial charge >= 0.3 is 0 Å². The molecule has 1 atom stereocenters. The molecule has 0 aliphatic carbocycles. The molecule has 0 bridgehead atoms. The molecule has 0 aliphatic rings. The van der Waals surface area contributed by atoms with Crippen LogP contribution in [0.25, 0.3) is 0 Å². The Labute approximate surface area is 135 Å². The van der Waals surface area contributed by atoms with E-state index in [0.717, 1.165) is 11.8 Å². The fraction of sp³-hybridized carbons (Fsp3) is 0.176. The number of amides is 1. The van der Waals surface area contributed by atoms with E-state index < -0.39 is 9.84 Å². The molecule has 0 spiro atoms. The van der Waals surface area contributed by atoms with Crippen molar-refractivity contribution >= 4 is 15.7 Å². The lowest BCUT2D eigenvalue weighted by atomic mass is 10.1. The molecule has 118 valence electrons. The molecular weight excluding hydrogens is 312 g/mol. The maximum absolute atomic E-state index is 12.2. The van der Waals surface area contributed by atoms with E-state index in [2.05, 4.69) is 5.32 Å². The summed E-state index contributed by atoms with van der Waals surface area (Å²) in [6.07, 6.45) is 1.15. The first-order valence-electron chi connectivity index (χ1n) is 6.92. The van der Waals surface area contributed by atoms with Crippen molar-refractivity contribution in [1.82, 2.24) is 5.32 Å². The van der Waals surface area contributed by atoms with Gasteiger partial charge < -0.3 is 5.32 Å². The molecule has 1 N–H and O–H groups in total. The molecule has 0 aromatic heterocycles. The Morgan fingerprint density at radius 2 is 1.65 bits per heavy atom. The largest absolute Gasteiger partial charge is 0.346 e. The Balaban J connectivity index is 2.10. The number of sulfone groups is 1. The first-order chi connectivity index (χ1) is 10.8. The van der Waals surface area contributed by atoms with E-state index in [9.17, 15) is 13.2 Å². The van der Waals surface area contributed by atoms with Crippen molar-refractivity contribution in [1.29, 1.82) is 5.26 Å². The molecule has 0 saturated carbocycles. The third-order valence-corrected chi connectivity index (χ3v) is 4.56. The van der Waals surface area contributed by atoms with Gasteiger partial charge in [-0.05, 0) is 48.9 Å². The van der Waals surface area contributed by atoms with Crippen LogP contribution in [-0.4, -0.2) is 20.6 Å². The summed E-state index contributed by atoms with van der Waals surface area (Å²) in [4.78, 5) is 12.4. The number of carbonyl (C=O) groups is 1. The van der Waals surface area contributed by atoms with Gasteiger partial charge in [0.25, 0.3) is 5.91 Å². The van der Waals surface area contributed by atoms with Gasteiger partial charge in [-0.1, -0.05) is 12.1 Å². The highest BCUT2D eigenvalue weighted by molar-refractivity contribution is 7.90. The number of hydrogen-bond donors (Lipinski definition) is 1. The molecule has 23 heavy (non-hydrogen) atoms. The summed E-state index contributed by atoms with van der Waals surface area (Å²) in [6, 6.07) is 14.5. The molecule has 1 unspecified atom stereocenters. The smallest absolute Gasteiger partial charge is 0.251 e. The molecule has 0 heterocycles. The van der Waals surface area contributed by atoms with Gasteiger partial charge in [-0.2, -0.15) is 5.26 Å². The van der Waals surface area contributed by atoms with Crippen molar-refractivity contribution in [3.63, 3.8) is 0 Å². The van der Waals surface area contributed by atoms with Crippen LogP contribution in [0.2, 0.25) is 0 Å². The number of benzene rings is 2. The summed E-state index contributed by atoms with van der Waals surface area (Å²) in [5, 5.41) is 11.6. The van der Waals surface area contributed by atoms with Gasteiger partial charge in [0.15, 0.2) is 9.84 Å². The lowest BCUT2D eigenvalue weighted by Gasteiger charge is -2.15. The van der Waals surface area contributed by atoms with Gasteiger partial charge in [-0.15, -0.1) is 0 Å². The van der Waals surface area contributed by atoms with Crippen LogP contribution in [0.3, 0.4) is 0 Å². The highest BCUT2D eigenvalue weighted by atomic mass is 32.2. The fourth-order valence-electron chi connectivity index (χ4n) is 2.06. The van der Waals surface area contributed by atoms with Gasteiger partial charge in [0.05, 0.1) is 22.6 Å². The van der Waals surface area contributed by atoms with E-state index in [0.29, 0.717) is 11.1 Å². The lowest BCUT2D eigenvalue weighted by Crippen LogP contribution is -2.26. The van der Waals surface area contributed by atoms with E-state index in [-0.39, 0.29) is 16.8 Å². The van der Waals surface area contributed by atoms with Crippen LogP contribution < -0.4 is 5.32 Å². The monoisotopic (exact) mass is 328 g/mol. The second-order valence-electron chi connectivity index (χ2n) is 5.23. The SMILES string of the molecule is CC(NC(=O)c1ccc(C#N)cc1)c1ccc(S(C)(=O)=O)cc1. The fourth-order valence-corrected chi connectivity index (χ4v) is 2.69. The third-order valence-electron chi connectivity index (χ3n) is 3.43. The summed E-state index contributed by atoms with van der Waals surface area (Å²) < 4.78 is 22.9. The normalized spacial score (nSPS) is 12.2. The lowest BCUT2D eigenvalue weighted by molar-refractivity contribution is 0.0940. The van der Waals surface area contributed by atoms with Crippen LogP contribution in [0.5, 0.6) is 0 Å². The van der Waals surface area contributed by atoms with E-state index in [1.54, 1.807) is 36.4 Å². The highest BCUT2D eigenvalue weighted by Crippen LogP contribution is 2.17. The second kappa shape index (κ2) is 6.63. The molecule has 0 radical (unpaired) electrons. The molecule has 2 aromatic carbocycles. The minimum absolute atomic E-state index is 0.242. The predicted molar refractivity (Wildman–Crippen MR) is 86.6 cm³/mol. The first kappa shape index (κ1) is 16.7. The molecular formula is C17H16N2O3S. The number of nitrogens with one attached hydrogen (secondary N) is 1. The first-order valence-corrected chi connectivity index (χ1v) is 8.81. The molecule has 2 rings (SSSR count). The van der Waals surface area contributed by atoms with Gasteiger partial charge in [-0.3, -0.25) is 4.79 Å². The minimum Gasteiger partial charge on any atom is -0.346 e. The van der Waals surface area contributed by atoms with Crippen molar-refractivity contribution < 1.29 is 13.2 Å². The van der Waals surface area contributed by atoms with Gasteiger partial charge in [0.2, 0.25) is 0 Å². The predicted octanol–water partition coefficient (Wildman–Crippen LogP) is 2.45. The van der Waals surface area contributed by atoms with Crippen LogP contribution in [0.4, 0.5) is 0 Å². The van der Waals surface area contributed by atoms with Gasteiger partial charge in [-0.25, -0.2) is 8.42 Å².